The molecule has 4 rings (SSSR count). The molecule has 0 atom stereocenters. The van der Waals surface area contributed by atoms with Crippen LogP contribution in [0.5, 0.6) is 0 Å². The Labute approximate surface area is 266 Å². The van der Waals surface area contributed by atoms with Gasteiger partial charge in [0.05, 0.1) is 25.1 Å². The van der Waals surface area contributed by atoms with Gasteiger partial charge in [-0.1, -0.05) is 66.2 Å². The van der Waals surface area contributed by atoms with Gasteiger partial charge in [-0.15, -0.1) is 11.3 Å². The first-order chi connectivity index (χ1) is 20.8. The zero-order valence-electron chi connectivity index (χ0n) is 24.0. The standard InChI is InChI=1S/C31H34ClN4O4PS2/c1-3-39-41(38,40-4-2)21-23-10-16-26(17-11-23)34-28(37)19-18-27-29(24-12-14-25(32)15-13-24)35-31(43-27)36-30(42)33-20-22-8-6-5-7-9-22/h5-17H,3-4,18-21H2,1-2H3,(H,34,37)(H2,33,35,36,42). The Morgan fingerprint density at radius 3 is 2.26 bits per heavy atom. The number of hydrogen-bond acceptors (Lipinski definition) is 7. The molecular weight excluding hydrogens is 623 g/mol. The predicted molar refractivity (Wildman–Crippen MR) is 180 cm³/mol. The first-order valence-corrected chi connectivity index (χ1v) is 17.2. The van der Waals surface area contributed by atoms with Crippen LogP contribution < -0.4 is 16.0 Å². The highest BCUT2D eigenvalue weighted by atomic mass is 35.5. The normalized spacial score (nSPS) is 11.2. The van der Waals surface area contributed by atoms with E-state index in [-0.39, 0.29) is 18.5 Å². The van der Waals surface area contributed by atoms with Gasteiger partial charge in [0.1, 0.15) is 0 Å². The number of carbonyl (C=O) groups excluding carboxylic acids is 1. The molecule has 0 radical (unpaired) electrons. The lowest BCUT2D eigenvalue weighted by atomic mass is 10.1. The van der Waals surface area contributed by atoms with Crippen molar-refractivity contribution < 1.29 is 18.4 Å². The molecule has 0 aliphatic heterocycles. The number of hydrogen-bond donors (Lipinski definition) is 3. The molecule has 43 heavy (non-hydrogen) atoms. The fraction of sp³-hybridized carbons (Fsp3) is 0.258. The summed E-state index contributed by atoms with van der Waals surface area (Å²) >= 11 is 13.1. The molecule has 0 unspecified atom stereocenters. The molecule has 0 aliphatic rings. The van der Waals surface area contributed by atoms with Crippen LogP contribution in [-0.2, 0) is 37.5 Å². The van der Waals surface area contributed by atoms with Gasteiger partial charge in [-0.2, -0.15) is 0 Å². The van der Waals surface area contributed by atoms with Crippen molar-refractivity contribution in [2.24, 2.45) is 0 Å². The molecule has 12 heteroatoms. The van der Waals surface area contributed by atoms with Gasteiger partial charge in [0.25, 0.3) is 0 Å². The summed E-state index contributed by atoms with van der Waals surface area (Å²) < 4.78 is 23.6. The van der Waals surface area contributed by atoms with Gasteiger partial charge in [0, 0.05) is 34.1 Å². The Hall–Kier alpha value is -3.11. The van der Waals surface area contributed by atoms with Crippen molar-refractivity contribution in [2.75, 3.05) is 23.8 Å². The fourth-order valence-corrected chi connectivity index (χ4v) is 7.27. The van der Waals surface area contributed by atoms with E-state index in [2.05, 4.69) is 16.0 Å². The van der Waals surface area contributed by atoms with Gasteiger partial charge in [-0.3, -0.25) is 9.36 Å². The molecule has 0 spiro atoms. The monoisotopic (exact) mass is 656 g/mol. The first-order valence-electron chi connectivity index (χ1n) is 13.9. The number of benzene rings is 3. The second-order valence-corrected chi connectivity index (χ2v) is 13.4. The second kappa shape index (κ2) is 16.1. The van der Waals surface area contributed by atoms with Crippen molar-refractivity contribution in [3.63, 3.8) is 0 Å². The van der Waals surface area contributed by atoms with E-state index in [1.165, 1.54) is 11.3 Å². The van der Waals surface area contributed by atoms with Gasteiger partial charge >= 0.3 is 7.60 Å². The number of thiazole rings is 1. The van der Waals surface area contributed by atoms with E-state index in [9.17, 15) is 9.36 Å². The van der Waals surface area contributed by atoms with E-state index < -0.39 is 7.60 Å². The van der Waals surface area contributed by atoms with E-state index in [1.54, 1.807) is 26.0 Å². The molecule has 0 aliphatic carbocycles. The quantitative estimate of drug-likeness (QED) is 0.0921. The number of nitrogens with zero attached hydrogens (tertiary/aromatic N) is 1. The first kappa shape index (κ1) is 32.8. The molecule has 1 amide bonds. The number of halogens is 1. The third-order valence-electron chi connectivity index (χ3n) is 6.18. The van der Waals surface area contributed by atoms with Crippen molar-refractivity contribution in [2.45, 2.75) is 39.4 Å². The number of amides is 1. The minimum atomic E-state index is -3.20. The fourth-order valence-electron chi connectivity index (χ4n) is 4.22. The van der Waals surface area contributed by atoms with Crippen LogP contribution in [0.1, 0.15) is 36.3 Å². The number of thiocarbonyl (C=S) groups is 1. The van der Waals surface area contributed by atoms with Crippen molar-refractivity contribution in [1.82, 2.24) is 10.3 Å². The Bertz CT molecular complexity index is 1540. The number of rotatable bonds is 14. The molecule has 8 nitrogen and oxygen atoms in total. The van der Waals surface area contributed by atoms with Gasteiger partial charge < -0.3 is 25.0 Å². The maximum Gasteiger partial charge on any atom is 0.335 e. The molecule has 226 valence electrons. The topological polar surface area (TPSA) is 102 Å². The van der Waals surface area contributed by atoms with Crippen molar-refractivity contribution in [3.05, 3.63) is 99.9 Å². The smallest absolute Gasteiger partial charge is 0.335 e. The molecule has 0 saturated heterocycles. The predicted octanol–water partition coefficient (Wildman–Crippen LogP) is 8.29. The van der Waals surface area contributed by atoms with Crippen LogP contribution in [0.15, 0.2) is 78.9 Å². The van der Waals surface area contributed by atoms with Crippen LogP contribution in [0, 0.1) is 0 Å². The number of aryl methyl sites for hydroxylation is 1. The average molecular weight is 657 g/mol. The molecule has 1 aromatic heterocycles. The lowest BCUT2D eigenvalue weighted by Gasteiger charge is -2.17. The summed E-state index contributed by atoms with van der Waals surface area (Å²) in [5.41, 5.74) is 4.25. The summed E-state index contributed by atoms with van der Waals surface area (Å²) in [4.78, 5) is 18.6. The number of nitrogens with one attached hydrogen (secondary N) is 3. The minimum Gasteiger partial charge on any atom is -0.358 e. The van der Waals surface area contributed by atoms with Crippen LogP contribution in [0.25, 0.3) is 11.3 Å². The van der Waals surface area contributed by atoms with Gasteiger partial charge in [-0.25, -0.2) is 4.98 Å². The van der Waals surface area contributed by atoms with Gasteiger partial charge in [0.15, 0.2) is 10.2 Å². The summed E-state index contributed by atoms with van der Waals surface area (Å²) in [6, 6.07) is 24.6. The zero-order valence-corrected chi connectivity index (χ0v) is 27.3. The molecule has 1 heterocycles. The highest BCUT2D eigenvalue weighted by Gasteiger charge is 2.24. The van der Waals surface area contributed by atoms with E-state index in [1.807, 2.05) is 66.7 Å². The Morgan fingerprint density at radius 2 is 1.60 bits per heavy atom. The molecule has 4 aromatic rings. The van der Waals surface area contributed by atoms with Crippen LogP contribution in [0.4, 0.5) is 10.8 Å². The van der Waals surface area contributed by atoms with Crippen LogP contribution in [0.2, 0.25) is 5.02 Å². The summed E-state index contributed by atoms with van der Waals surface area (Å²) in [6.07, 6.45) is 0.908. The highest BCUT2D eigenvalue weighted by molar-refractivity contribution is 7.80. The average Bonchev–Trinajstić information content (AvgIpc) is 3.39. The third kappa shape index (κ3) is 10.2. The van der Waals surface area contributed by atoms with Crippen molar-refractivity contribution in [3.8, 4) is 11.3 Å². The Morgan fingerprint density at radius 1 is 0.930 bits per heavy atom. The van der Waals surface area contributed by atoms with Crippen LogP contribution in [-0.4, -0.2) is 29.2 Å². The number of anilines is 2. The number of carbonyl (C=O) groups is 1. The van der Waals surface area contributed by atoms with E-state index in [0.29, 0.717) is 47.1 Å². The summed E-state index contributed by atoms with van der Waals surface area (Å²) in [6.45, 7) is 4.77. The highest BCUT2D eigenvalue weighted by Crippen LogP contribution is 2.51. The largest absolute Gasteiger partial charge is 0.358 e. The van der Waals surface area contributed by atoms with E-state index >= 15 is 0 Å². The van der Waals surface area contributed by atoms with Crippen molar-refractivity contribution >= 4 is 64.6 Å². The maximum atomic E-state index is 12.9. The lowest BCUT2D eigenvalue weighted by molar-refractivity contribution is -0.116. The van der Waals surface area contributed by atoms with Crippen LogP contribution >= 0.6 is 42.8 Å². The Balaban J connectivity index is 1.38. The third-order valence-corrected chi connectivity index (χ3v) is 9.76. The SMILES string of the molecule is CCOP(=O)(Cc1ccc(NC(=O)CCc2sc(NC(=S)NCc3ccccc3)nc2-c2ccc(Cl)cc2)cc1)OCC. The lowest BCUT2D eigenvalue weighted by Crippen LogP contribution is -2.27. The summed E-state index contributed by atoms with van der Waals surface area (Å²) in [5, 5.41) is 11.1. The molecule has 0 bridgehead atoms. The van der Waals surface area contributed by atoms with Gasteiger partial charge in [0.2, 0.25) is 5.91 Å². The van der Waals surface area contributed by atoms with Gasteiger partial charge in [-0.05, 0) is 67.9 Å². The number of aromatic nitrogens is 1. The second-order valence-electron chi connectivity index (χ2n) is 9.44. The maximum absolute atomic E-state index is 12.9. The summed E-state index contributed by atoms with van der Waals surface area (Å²) in [5.74, 6) is -0.132. The molecule has 3 aromatic carbocycles. The van der Waals surface area contributed by atoms with E-state index in [0.717, 1.165) is 27.3 Å². The zero-order chi connectivity index (χ0) is 30.7. The van der Waals surface area contributed by atoms with Crippen molar-refractivity contribution in [1.29, 1.82) is 0 Å². The molecule has 0 saturated carbocycles. The molecule has 3 N–H and O–H groups in total. The minimum absolute atomic E-state index is 0.132. The Kier molecular flexibility index (Phi) is 12.3. The molecular formula is C31H34ClN4O4PS2. The summed E-state index contributed by atoms with van der Waals surface area (Å²) in [7, 11) is -3.20. The molecule has 0 fully saturated rings. The van der Waals surface area contributed by atoms with E-state index in [4.69, 9.17) is 37.9 Å². The van der Waals surface area contributed by atoms with Crippen LogP contribution in [0.3, 0.4) is 0 Å².